The SMILES string of the molecule is CCC(=O)C(=O)C(C)(C)NC(=O)[C@H](C)N(C)C(=O)[C@H](C)NC(=O)[C@H](C)NC(=O)[C@H](C)NC(=O)[C@H](C)NC. The van der Waals surface area contributed by atoms with Gasteiger partial charge in [0.15, 0.2) is 0 Å². The Bertz CT molecular complexity index is 904. The van der Waals surface area contributed by atoms with Crippen LogP contribution in [0.25, 0.3) is 0 Å². The van der Waals surface area contributed by atoms with Gasteiger partial charge in [0, 0.05) is 13.5 Å². The van der Waals surface area contributed by atoms with Crippen LogP contribution in [-0.4, -0.2) is 95.8 Å². The summed E-state index contributed by atoms with van der Waals surface area (Å²) in [6.45, 7) is 11.7. The summed E-state index contributed by atoms with van der Waals surface area (Å²) >= 11 is 0. The molecule has 13 nitrogen and oxygen atoms in total. The Labute approximate surface area is 218 Å². The zero-order valence-electron chi connectivity index (χ0n) is 23.4. The minimum atomic E-state index is -1.45. The van der Waals surface area contributed by atoms with Gasteiger partial charge in [-0.05, 0) is 55.5 Å². The lowest BCUT2D eigenvalue weighted by Gasteiger charge is -2.31. The first-order valence-electron chi connectivity index (χ1n) is 12.2. The number of Topliss-reactive ketones (excluding diaryl/α,β-unsaturated/α-hetero) is 2. The van der Waals surface area contributed by atoms with Gasteiger partial charge < -0.3 is 31.5 Å². The van der Waals surface area contributed by atoms with Gasteiger partial charge >= 0.3 is 0 Å². The van der Waals surface area contributed by atoms with Crippen molar-refractivity contribution in [3.63, 3.8) is 0 Å². The molecule has 5 atom stereocenters. The average molecular weight is 527 g/mol. The van der Waals surface area contributed by atoms with Crippen molar-refractivity contribution in [2.45, 2.75) is 97.6 Å². The maximum absolute atomic E-state index is 12.8. The molecule has 0 aliphatic rings. The molecule has 0 aliphatic carbocycles. The Balaban J connectivity index is 5.02. The molecule has 0 unspecified atom stereocenters. The highest BCUT2D eigenvalue weighted by Crippen LogP contribution is 2.09. The lowest BCUT2D eigenvalue weighted by Crippen LogP contribution is -2.59. The Morgan fingerprint density at radius 1 is 0.703 bits per heavy atom. The lowest BCUT2D eigenvalue weighted by molar-refractivity contribution is -0.144. The fourth-order valence-electron chi connectivity index (χ4n) is 2.99. The molecular formula is C24H42N6O7. The smallest absolute Gasteiger partial charge is 0.245 e. The Hall–Kier alpha value is -3.35. The van der Waals surface area contributed by atoms with E-state index in [0.29, 0.717) is 0 Å². The van der Waals surface area contributed by atoms with Gasteiger partial charge in [-0.3, -0.25) is 33.6 Å². The van der Waals surface area contributed by atoms with Gasteiger partial charge in [0.05, 0.1) is 6.04 Å². The van der Waals surface area contributed by atoms with Crippen LogP contribution < -0.4 is 26.6 Å². The first-order valence-corrected chi connectivity index (χ1v) is 12.2. The molecule has 0 saturated carbocycles. The highest BCUT2D eigenvalue weighted by atomic mass is 16.2. The number of hydrogen-bond acceptors (Lipinski definition) is 8. The number of ketones is 2. The Morgan fingerprint density at radius 3 is 1.51 bits per heavy atom. The van der Waals surface area contributed by atoms with Crippen LogP contribution in [0.3, 0.4) is 0 Å². The third-order valence-corrected chi connectivity index (χ3v) is 5.95. The number of carbonyl (C=O) groups excluding carboxylic acids is 7. The van der Waals surface area contributed by atoms with E-state index >= 15 is 0 Å². The van der Waals surface area contributed by atoms with Crippen molar-refractivity contribution >= 4 is 41.1 Å². The number of hydrogen-bond donors (Lipinski definition) is 5. The molecule has 0 radical (unpaired) electrons. The summed E-state index contributed by atoms with van der Waals surface area (Å²) in [6.07, 6.45) is 0.00522. The maximum Gasteiger partial charge on any atom is 0.245 e. The number of rotatable bonds is 14. The molecule has 5 amide bonds. The van der Waals surface area contributed by atoms with Crippen LogP contribution in [0.4, 0.5) is 0 Å². The van der Waals surface area contributed by atoms with E-state index < -0.39 is 70.9 Å². The van der Waals surface area contributed by atoms with Crippen LogP contribution in [0.15, 0.2) is 0 Å². The molecule has 0 aliphatic heterocycles. The molecule has 0 aromatic heterocycles. The topological polar surface area (TPSA) is 183 Å². The number of amides is 5. The van der Waals surface area contributed by atoms with Gasteiger partial charge in [0.1, 0.15) is 29.7 Å². The summed E-state index contributed by atoms with van der Waals surface area (Å²) in [6, 6.07) is -4.48. The lowest BCUT2D eigenvalue weighted by atomic mass is 9.94. The van der Waals surface area contributed by atoms with Gasteiger partial charge in [-0.1, -0.05) is 6.92 Å². The maximum atomic E-state index is 12.8. The predicted molar refractivity (Wildman–Crippen MR) is 136 cm³/mol. The molecule has 0 aromatic rings. The fourth-order valence-corrected chi connectivity index (χ4v) is 2.99. The molecule has 0 spiro atoms. The summed E-state index contributed by atoms with van der Waals surface area (Å²) in [7, 11) is 2.97. The van der Waals surface area contributed by atoms with Crippen molar-refractivity contribution in [1.29, 1.82) is 0 Å². The van der Waals surface area contributed by atoms with Crippen molar-refractivity contribution in [1.82, 2.24) is 31.5 Å². The van der Waals surface area contributed by atoms with E-state index in [4.69, 9.17) is 0 Å². The summed E-state index contributed by atoms with van der Waals surface area (Å²) < 4.78 is 0. The molecule has 13 heteroatoms. The van der Waals surface area contributed by atoms with E-state index in [2.05, 4.69) is 26.6 Å². The standard InChI is InChI=1S/C24H42N6O7/c1-11-17(31)18(32)24(7,8)29-22(36)16(6)30(10)23(37)15(5)28-21(35)14(4)27-20(34)13(3)26-19(33)12(2)25-9/h12-16,25H,11H2,1-10H3,(H,26,33)(H,27,34)(H,28,35)(H,29,36)/t12-,13-,14-,15-,16-/m0/s1. The van der Waals surface area contributed by atoms with Crippen molar-refractivity contribution in [3.05, 3.63) is 0 Å². The van der Waals surface area contributed by atoms with E-state index in [1.54, 1.807) is 20.9 Å². The van der Waals surface area contributed by atoms with Crippen LogP contribution in [0.1, 0.15) is 61.8 Å². The quantitative estimate of drug-likeness (QED) is 0.168. The highest BCUT2D eigenvalue weighted by molar-refractivity contribution is 6.40. The third-order valence-electron chi connectivity index (χ3n) is 5.95. The molecule has 0 aromatic carbocycles. The van der Waals surface area contributed by atoms with Crippen molar-refractivity contribution in [2.24, 2.45) is 0 Å². The van der Waals surface area contributed by atoms with E-state index in [9.17, 15) is 33.6 Å². The number of likely N-dealkylation sites (N-methyl/N-ethyl adjacent to an activating group) is 2. The predicted octanol–water partition coefficient (Wildman–Crippen LogP) is -1.60. The van der Waals surface area contributed by atoms with Gasteiger partial charge in [0.25, 0.3) is 0 Å². The number of nitrogens with one attached hydrogen (secondary N) is 5. The van der Waals surface area contributed by atoms with E-state index in [1.165, 1.54) is 48.6 Å². The normalized spacial score (nSPS) is 15.2. The zero-order chi connectivity index (χ0) is 29.2. The summed E-state index contributed by atoms with van der Waals surface area (Å²) in [4.78, 5) is 87.3. The van der Waals surface area contributed by atoms with Gasteiger partial charge in [-0.25, -0.2) is 0 Å². The molecular weight excluding hydrogens is 484 g/mol. The molecule has 0 rings (SSSR count). The third kappa shape index (κ3) is 9.90. The summed E-state index contributed by atoms with van der Waals surface area (Å²) in [5.41, 5.74) is -1.45. The zero-order valence-corrected chi connectivity index (χ0v) is 23.4. The Morgan fingerprint density at radius 2 is 1.11 bits per heavy atom. The second-order valence-corrected chi connectivity index (χ2v) is 9.55. The average Bonchev–Trinajstić information content (AvgIpc) is 2.84. The first-order chi connectivity index (χ1) is 16.9. The van der Waals surface area contributed by atoms with Crippen LogP contribution in [-0.2, 0) is 33.6 Å². The van der Waals surface area contributed by atoms with E-state index in [0.717, 1.165) is 4.90 Å². The van der Waals surface area contributed by atoms with Gasteiger partial charge in [-0.2, -0.15) is 0 Å². The van der Waals surface area contributed by atoms with E-state index in [1.807, 2.05) is 0 Å². The minimum Gasteiger partial charge on any atom is -0.343 e. The van der Waals surface area contributed by atoms with Gasteiger partial charge in [-0.15, -0.1) is 0 Å². The summed E-state index contributed by atoms with van der Waals surface area (Å²) in [5, 5.41) is 12.7. The molecule has 0 bridgehead atoms. The number of nitrogens with zero attached hydrogens (tertiary/aromatic N) is 1. The minimum absolute atomic E-state index is 0.00522. The van der Waals surface area contributed by atoms with E-state index in [-0.39, 0.29) is 12.3 Å². The molecule has 0 fully saturated rings. The summed E-state index contributed by atoms with van der Waals surface area (Å²) in [5.74, 6) is -4.22. The number of carbonyl (C=O) groups is 7. The van der Waals surface area contributed by atoms with Gasteiger partial charge in [0.2, 0.25) is 41.1 Å². The molecule has 210 valence electrons. The van der Waals surface area contributed by atoms with Crippen LogP contribution in [0, 0.1) is 0 Å². The molecule has 5 N–H and O–H groups in total. The van der Waals surface area contributed by atoms with Crippen LogP contribution >= 0.6 is 0 Å². The molecule has 0 saturated heterocycles. The second-order valence-electron chi connectivity index (χ2n) is 9.55. The molecule has 37 heavy (non-hydrogen) atoms. The van der Waals surface area contributed by atoms with Crippen LogP contribution in [0.5, 0.6) is 0 Å². The monoisotopic (exact) mass is 526 g/mol. The van der Waals surface area contributed by atoms with Crippen molar-refractivity contribution < 1.29 is 33.6 Å². The first kappa shape index (κ1) is 33.7. The second kappa shape index (κ2) is 14.4. The largest absolute Gasteiger partial charge is 0.343 e. The Kier molecular flexibility index (Phi) is 13.1. The van der Waals surface area contributed by atoms with Crippen molar-refractivity contribution in [2.75, 3.05) is 14.1 Å². The highest BCUT2D eigenvalue weighted by Gasteiger charge is 2.36. The van der Waals surface area contributed by atoms with Crippen LogP contribution in [0.2, 0.25) is 0 Å². The van der Waals surface area contributed by atoms with Crippen molar-refractivity contribution in [3.8, 4) is 0 Å². The fraction of sp³-hybridized carbons (Fsp3) is 0.708. The molecule has 0 heterocycles.